The SMILES string of the molecule is CN(C[C@@H](CCN1CCC(c2cccnc2F)CC1)c1ccc(Cl)c(Cl)c1)C(=O)c1ccccc1. The summed E-state index contributed by atoms with van der Waals surface area (Å²) in [6.45, 7) is 3.28. The molecule has 1 fully saturated rings. The van der Waals surface area contributed by atoms with E-state index in [0.29, 0.717) is 22.2 Å². The zero-order chi connectivity index (χ0) is 24.8. The van der Waals surface area contributed by atoms with Crippen molar-refractivity contribution in [3.05, 3.63) is 99.5 Å². The van der Waals surface area contributed by atoms with Crippen molar-refractivity contribution in [3.63, 3.8) is 0 Å². The van der Waals surface area contributed by atoms with Crippen molar-refractivity contribution >= 4 is 29.1 Å². The van der Waals surface area contributed by atoms with E-state index in [4.69, 9.17) is 23.2 Å². The molecule has 1 aliphatic rings. The number of nitrogens with zero attached hydrogens (tertiary/aromatic N) is 3. The number of piperidine rings is 1. The van der Waals surface area contributed by atoms with Gasteiger partial charge in [-0.3, -0.25) is 4.79 Å². The molecule has 0 saturated carbocycles. The summed E-state index contributed by atoms with van der Waals surface area (Å²) < 4.78 is 14.1. The molecule has 4 rings (SSSR count). The molecule has 0 spiro atoms. The van der Waals surface area contributed by atoms with Crippen molar-refractivity contribution in [1.29, 1.82) is 0 Å². The van der Waals surface area contributed by atoms with Crippen LogP contribution in [-0.4, -0.2) is 53.9 Å². The van der Waals surface area contributed by atoms with Crippen LogP contribution in [0, 0.1) is 5.95 Å². The minimum atomic E-state index is -0.350. The normalized spacial score (nSPS) is 15.7. The van der Waals surface area contributed by atoms with Gasteiger partial charge in [-0.25, -0.2) is 4.98 Å². The van der Waals surface area contributed by atoms with Gasteiger partial charge in [0.05, 0.1) is 10.0 Å². The predicted molar refractivity (Wildman–Crippen MR) is 140 cm³/mol. The minimum Gasteiger partial charge on any atom is -0.341 e. The molecule has 0 radical (unpaired) electrons. The average molecular weight is 514 g/mol. The smallest absolute Gasteiger partial charge is 0.253 e. The Morgan fingerprint density at radius 3 is 2.51 bits per heavy atom. The van der Waals surface area contributed by atoms with E-state index in [0.717, 1.165) is 50.0 Å². The number of likely N-dealkylation sites (tertiary alicyclic amines) is 1. The number of amides is 1. The molecule has 1 amide bonds. The van der Waals surface area contributed by atoms with Gasteiger partial charge in [0.2, 0.25) is 5.95 Å². The first-order valence-electron chi connectivity index (χ1n) is 12.0. The molecule has 7 heteroatoms. The number of benzene rings is 2. The van der Waals surface area contributed by atoms with Crippen molar-refractivity contribution in [2.24, 2.45) is 0 Å². The molecule has 0 unspecified atom stereocenters. The van der Waals surface area contributed by atoms with Gasteiger partial charge in [-0.05, 0) is 80.7 Å². The van der Waals surface area contributed by atoms with E-state index in [1.165, 1.54) is 6.20 Å². The fraction of sp³-hybridized carbons (Fsp3) is 0.357. The van der Waals surface area contributed by atoms with Gasteiger partial charge in [0.15, 0.2) is 0 Å². The molecule has 0 bridgehead atoms. The first-order valence-corrected chi connectivity index (χ1v) is 12.8. The third kappa shape index (κ3) is 6.60. The van der Waals surface area contributed by atoms with Crippen LogP contribution in [0.15, 0.2) is 66.9 Å². The van der Waals surface area contributed by atoms with Crippen LogP contribution < -0.4 is 0 Å². The Labute approximate surface area is 216 Å². The minimum absolute atomic E-state index is 0.00466. The monoisotopic (exact) mass is 513 g/mol. The largest absolute Gasteiger partial charge is 0.341 e. The zero-order valence-electron chi connectivity index (χ0n) is 19.8. The molecule has 2 aromatic carbocycles. The summed E-state index contributed by atoms with van der Waals surface area (Å²) in [7, 11) is 1.84. The van der Waals surface area contributed by atoms with Crippen LogP contribution >= 0.6 is 23.2 Å². The van der Waals surface area contributed by atoms with Gasteiger partial charge in [0.25, 0.3) is 5.91 Å². The summed E-state index contributed by atoms with van der Waals surface area (Å²) in [4.78, 5) is 21.0. The quantitative estimate of drug-likeness (QED) is 0.316. The molecular weight excluding hydrogens is 484 g/mol. The molecule has 4 nitrogen and oxygen atoms in total. The summed E-state index contributed by atoms with van der Waals surface area (Å²) in [5, 5.41) is 1.04. The Bertz CT molecular complexity index is 1140. The van der Waals surface area contributed by atoms with Crippen LogP contribution in [0.5, 0.6) is 0 Å². The number of hydrogen-bond donors (Lipinski definition) is 0. The molecule has 0 aliphatic carbocycles. The van der Waals surface area contributed by atoms with Gasteiger partial charge in [0.1, 0.15) is 0 Å². The van der Waals surface area contributed by atoms with Crippen LogP contribution in [0.1, 0.15) is 52.6 Å². The van der Waals surface area contributed by atoms with Crippen LogP contribution in [0.4, 0.5) is 4.39 Å². The second-order valence-electron chi connectivity index (χ2n) is 9.21. The maximum atomic E-state index is 14.1. The highest BCUT2D eigenvalue weighted by Crippen LogP contribution is 2.32. The van der Waals surface area contributed by atoms with Gasteiger partial charge in [-0.1, -0.05) is 53.5 Å². The number of carbonyl (C=O) groups excluding carboxylic acids is 1. The third-order valence-corrected chi connectivity index (χ3v) is 7.62. The molecule has 184 valence electrons. The molecule has 1 atom stereocenters. The second-order valence-corrected chi connectivity index (χ2v) is 10.0. The maximum absolute atomic E-state index is 14.1. The molecule has 1 saturated heterocycles. The Hall–Kier alpha value is -2.47. The number of hydrogen-bond acceptors (Lipinski definition) is 3. The average Bonchev–Trinajstić information content (AvgIpc) is 2.89. The number of pyridine rings is 1. The van der Waals surface area contributed by atoms with Crippen molar-refractivity contribution in [2.75, 3.05) is 33.2 Å². The molecule has 0 N–H and O–H groups in total. The summed E-state index contributed by atoms with van der Waals surface area (Å²) in [6, 6.07) is 18.7. The summed E-state index contributed by atoms with van der Waals surface area (Å²) >= 11 is 12.5. The van der Waals surface area contributed by atoms with Gasteiger partial charge in [-0.2, -0.15) is 4.39 Å². The number of rotatable bonds is 8. The molecule has 35 heavy (non-hydrogen) atoms. The van der Waals surface area contributed by atoms with Crippen LogP contribution in [0.2, 0.25) is 10.0 Å². The lowest BCUT2D eigenvalue weighted by molar-refractivity contribution is 0.0781. The molecular formula is C28H30Cl2FN3O. The topological polar surface area (TPSA) is 36.4 Å². The Balaban J connectivity index is 1.41. The number of aromatic nitrogens is 1. The van der Waals surface area contributed by atoms with E-state index >= 15 is 0 Å². The van der Waals surface area contributed by atoms with Crippen molar-refractivity contribution in [2.45, 2.75) is 31.1 Å². The fourth-order valence-electron chi connectivity index (χ4n) is 4.85. The first-order chi connectivity index (χ1) is 16.9. The van der Waals surface area contributed by atoms with Gasteiger partial charge < -0.3 is 9.80 Å². The standard InChI is InChI=1S/C28H30Cl2FN3O/c1-33(28(35)21-6-3-2-4-7-21)19-23(22-9-10-25(29)26(30)18-22)13-17-34-15-11-20(12-16-34)24-8-5-14-32-27(24)31/h2-10,14,18,20,23H,11-13,15-17,19H2,1H3/t23-/m1/s1. The van der Waals surface area contributed by atoms with E-state index < -0.39 is 0 Å². The second kappa shape index (κ2) is 12.0. The lowest BCUT2D eigenvalue weighted by Crippen LogP contribution is -2.36. The van der Waals surface area contributed by atoms with E-state index in [-0.39, 0.29) is 23.7 Å². The van der Waals surface area contributed by atoms with E-state index in [9.17, 15) is 9.18 Å². The van der Waals surface area contributed by atoms with Gasteiger partial charge >= 0.3 is 0 Å². The van der Waals surface area contributed by atoms with Gasteiger partial charge in [0, 0.05) is 36.8 Å². The van der Waals surface area contributed by atoms with Crippen LogP contribution in [-0.2, 0) is 0 Å². The Morgan fingerprint density at radius 1 is 1.09 bits per heavy atom. The fourth-order valence-corrected chi connectivity index (χ4v) is 5.16. The van der Waals surface area contributed by atoms with E-state index in [2.05, 4.69) is 9.88 Å². The van der Waals surface area contributed by atoms with E-state index in [1.807, 2.05) is 61.6 Å². The van der Waals surface area contributed by atoms with Gasteiger partial charge in [-0.15, -0.1) is 0 Å². The highest BCUT2D eigenvalue weighted by molar-refractivity contribution is 6.42. The number of halogens is 3. The molecule has 1 aromatic heterocycles. The summed E-state index contributed by atoms with van der Waals surface area (Å²) in [6.07, 6.45) is 4.19. The van der Waals surface area contributed by atoms with Crippen molar-refractivity contribution in [3.8, 4) is 0 Å². The van der Waals surface area contributed by atoms with E-state index in [1.54, 1.807) is 11.0 Å². The summed E-state index contributed by atoms with van der Waals surface area (Å²) in [5.41, 5.74) is 2.47. The highest BCUT2D eigenvalue weighted by Gasteiger charge is 2.25. The van der Waals surface area contributed by atoms with Crippen LogP contribution in [0.3, 0.4) is 0 Å². The lowest BCUT2D eigenvalue weighted by Gasteiger charge is -2.33. The van der Waals surface area contributed by atoms with Crippen LogP contribution in [0.25, 0.3) is 0 Å². The number of likely N-dealkylation sites (N-methyl/N-ethyl adjacent to an activating group) is 1. The molecule has 2 heterocycles. The lowest BCUT2D eigenvalue weighted by atomic mass is 9.89. The number of carbonyl (C=O) groups is 1. The Morgan fingerprint density at radius 2 is 1.83 bits per heavy atom. The van der Waals surface area contributed by atoms with Crippen molar-refractivity contribution in [1.82, 2.24) is 14.8 Å². The third-order valence-electron chi connectivity index (χ3n) is 6.89. The molecule has 3 aromatic rings. The predicted octanol–water partition coefficient (Wildman–Crippen LogP) is 6.65. The summed E-state index contributed by atoms with van der Waals surface area (Å²) in [5.74, 6) is -0.0388. The maximum Gasteiger partial charge on any atom is 0.253 e. The zero-order valence-corrected chi connectivity index (χ0v) is 21.4. The van der Waals surface area contributed by atoms with Crippen molar-refractivity contribution < 1.29 is 9.18 Å². The molecule has 1 aliphatic heterocycles. The highest BCUT2D eigenvalue weighted by atomic mass is 35.5. The Kier molecular flexibility index (Phi) is 8.77. The first kappa shape index (κ1) is 25.6.